The molecule has 0 fully saturated rings. The zero-order chi connectivity index (χ0) is 19.5. The van der Waals surface area contributed by atoms with Crippen LogP contribution in [0.3, 0.4) is 0 Å². The minimum Gasteiger partial charge on any atom is -0.496 e. The Morgan fingerprint density at radius 2 is 2.21 bits per heavy atom. The third-order valence-corrected chi connectivity index (χ3v) is 6.66. The van der Waals surface area contributed by atoms with Crippen LogP contribution in [-0.2, 0) is 11.2 Å². The molecule has 0 N–H and O–H groups in total. The summed E-state index contributed by atoms with van der Waals surface area (Å²) in [6.07, 6.45) is 1.84. The molecule has 0 saturated heterocycles. The molecule has 1 unspecified atom stereocenters. The summed E-state index contributed by atoms with van der Waals surface area (Å²) in [7, 11) is 1.60. The van der Waals surface area contributed by atoms with Gasteiger partial charge in [-0.05, 0) is 42.0 Å². The van der Waals surface area contributed by atoms with Crippen molar-refractivity contribution in [3.05, 3.63) is 46.2 Å². The van der Waals surface area contributed by atoms with Gasteiger partial charge >= 0.3 is 0 Å². The highest BCUT2D eigenvalue weighted by molar-refractivity contribution is 7.99. The number of hydrogen-bond donors (Lipinski definition) is 0. The van der Waals surface area contributed by atoms with Crippen molar-refractivity contribution < 1.29 is 13.9 Å². The van der Waals surface area contributed by atoms with Crippen LogP contribution in [0.15, 0.2) is 45.4 Å². The first-order valence-electron chi connectivity index (χ1n) is 9.16. The van der Waals surface area contributed by atoms with Crippen LogP contribution in [0.25, 0.3) is 11.5 Å². The number of fused-ring (bicyclic) bond motifs is 1. The first kappa shape index (κ1) is 19.0. The second-order valence-electron chi connectivity index (χ2n) is 6.42. The van der Waals surface area contributed by atoms with E-state index in [1.54, 1.807) is 18.4 Å². The van der Waals surface area contributed by atoms with Crippen molar-refractivity contribution in [3.8, 4) is 17.2 Å². The topological polar surface area (TPSA) is 68.5 Å². The fraction of sp³-hybridized carbons (Fsp3) is 0.350. The van der Waals surface area contributed by atoms with Gasteiger partial charge in [0.05, 0.1) is 24.5 Å². The van der Waals surface area contributed by atoms with Gasteiger partial charge in [0, 0.05) is 11.4 Å². The molecular weight excluding hydrogens is 394 g/mol. The SMILES string of the molecule is CCC1c2ccsc2CCN1C(=O)CSc1nnc(-c2ccccc2OC)o1. The van der Waals surface area contributed by atoms with E-state index in [2.05, 4.69) is 28.6 Å². The normalized spacial score (nSPS) is 16.1. The van der Waals surface area contributed by atoms with Crippen molar-refractivity contribution in [1.82, 2.24) is 15.1 Å². The summed E-state index contributed by atoms with van der Waals surface area (Å²) in [5, 5.41) is 10.7. The van der Waals surface area contributed by atoms with Gasteiger partial charge in [-0.1, -0.05) is 30.8 Å². The van der Waals surface area contributed by atoms with Crippen molar-refractivity contribution >= 4 is 29.0 Å². The number of rotatable bonds is 6. The molecule has 2 aromatic heterocycles. The lowest BCUT2D eigenvalue weighted by Crippen LogP contribution is -2.40. The van der Waals surface area contributed by atoms with Crippen LogP contribution < -0.4 is 4.74 Å². The maximum atomic E-state index is 12.8. The molecule has 1 amide bonds. The third-order valence-electron chi connectivity index (χ3n) is 4.86. The highest BCUT2D eigenvalue weighted by Crippen LogP contribution is 2.36. The van der Waals surface area contributed by atoms with Gasteiger partial charge in [-0.3, -0.25) is 4.79 Å². The Morgan fingerprint density at radius 1 is 1.36 bits per heavy atom. The van der Waals surface area contributed by atoms with Crippen molar-refractivity contribution in [2.45, 2.75) is 31.0 Å². The standard InChI is InChI=1S/C20H21N3O3S2/c1-3-15-13-9-11-27-17(13)8-10-23(15)18(24)12-28-20-22-21-19(26-20)14-6-4-5-7-16(14)25-2/h4-7,9,11,15H,3,8,10,12H2,1-2H3. The minimum absolute atomic E-state index is 0.103. The van der Waals surface area contributed by atoms with Crippen LogP contribution in [0.2, 0.25) is 0 Å². The zero-order valence-corrected chi connectivity index (χ0v) is 17.4. The second-order valence-corrected chi connectivity index (χ2v) is 8.35. The third kappa shape index (κ3) is 3.66. The van der Waals surface area contributed by atoms with Crippen LogP contribution in [-0.4, -0.2) is 40.4 Å². The Balaban J connectivity index is 1.43. The van der Waals surface area contributed by atoms with Crippen LogP contribution >= 0.6 is 23.1 Å². The maximum absolute atomic E-state index is 12.8. The van der Waals surface area contributed by atoms with Crippen molar-refractivity contribution in [2.75, 3.05) is 19.4 Å². The summed E-state index contributed by atoms with van der Waals surface area (Å²) >= 11 is 3.06. The zero-order valence-electron chi connectivity index (χ0n) is 15.8. The first-order valence-corrected chi connectivity index (χ1v) is 11.0. The number of carbonyl (C=O) groups is 1. The van der Waals surface area contributed by atoms with Crippen LogP contribution in [0, 0.1) is 0 Å². The number of methoxy groups -OCH3 is 1. The highest BCUT2D eigenvalue weighted by Gasteiger charge is 2.30. The molecule has 1 atom stereocenters. The molecule has 1 aliphatic rings. The highest BCUT2D eigenvalue weighted by atomic mass is 32.2. The Bertz CT molecular complexity index is 969. The lowest BCUT2D eigenvalue weighted by molar-refractivity contribution is -0.131. The first-order chi connectivity index (χ1) is 13.7. The molecule has 28 heavy (non-hydrogen) atoms. The van der Waals surface area contributed by atoms with E-state index in [4.69, 9.17) is 9.15 Å². The number of amides is 1. The fourth-order valence-corrected chi connectivity index (χ4v) is 5.12. The molecule has 4 rings (SSSR count). The molecule has 0 radical (unpaired) electrons. The predicted octanol–water partition coefficient (Wildman–Crippen LogP) is 4.43. The van der Waals surface area contributed by atoms with Gasteiger partial charge in [0.25, 0.3) is 11.1 Å². The van der Waals surface area contributed by atoms with E-state index < -0.39 is 0 Å². The van der Waals surface area contributed by atoms with Crippen LogP contribution in [0.4, 0.5) is 0 Å². The van der Waals surface area contributed by atoms with Gasteiger partial charge in [-0.2, -0.15) is 0 Å². The fourth-order valence-electron chi connectivity index (χ4n) is 3.54. The molecule has 3 heterocycles. The average Bonchev–Trinajstić information content (AvgIpc) is 3.40. The maximum Gasteiger partial charge on any atom is 0.277 e. The largest absolute Gasteiger partial charge is 0.496 e. The van der Waals surface area contributed by atoms with Crippen molar-refractivity contribution in [2.24, 2.45) is 0 Å². The summed E-state index contributed by atoms with van der Waals surface area (Å²) in [5.41, 5.74) is 2.04. The summed E-state index contributed by atoms with van der Waals surface area (Å²) in [6.45, 7) is 2.89. The van der Waals surface area contributed by atoms with E-state index in [1.807, 2.05) is 29.2 Å². The summed E-state index contributed by atoms with van der Waals surface area (Å²) in [5.74, 6) is 1.44. The summed E-state index contributed by atoms with van der Waals surface area (Å²) in [6, 6.07) is 9.79. The Hall–Kier alpha value is -2.32. The molecule has 6 nitrogen and oxygen atoms in total. The van der Waals surface area contributed by atoms with E-state index in [0.29, 0.717) is 16.9 Å². The summed E-state index contributed by atoms with van der Waals surface area (Å²) in [4.78, 5) is 16.2. The monoisotopic (exact) mass is 415 g/mol. The van der Waals surface area contributed by atoms with E-state index in [1.165, 1.54) is 22.2 Å². The van der Waals surface area contributed by atoms with E-state index in [9.17, 15) is 4.79 Å². The number of benzene rings is 1. The van der Waals surface area contributed by atoms with Gasteiger partial charge in [0.15, 0.2) is 0 Å². The van der Waals surface area contributed by atoms with Crippen LogP contribution in [0.1, 0.15) is 29.8 Å². The van der Waals surface area contributed by atoms with Crippen molar-refractivity contribution in [1.29, 1.82) is 0 Å². The molecule has 0 spiro atoms. The quantitative estimate of drug-likeness (QED) is 0.555. The van der Waals surface area contributed by atoms with Gasteiger partial charge in [-0.25, -0.2) is 0 Å². The molecule has 3 aromatic rings. The molecule has 0 aliphatic carbocycles. The lowest BCUT2D eigenvalue weighted by atomic mass is 9.98. The Morgan fingerprint density at radius 3 is 3.04 bits per heavy atom. The van der Waals surface area contributed by atoms with Gasteiger partial charge in [0.2, 0.25) is 5.91 Å². The molecule has 146 valence electrons. The number of thiophene rings is 1. The number of nitrogens with zero attached hydrogens (tertiary/aromatic N) is 3. The number of hydrogen-bond acceptors (Lipinski definition) is 7. The molecule has 1 aliphatic heterocycles. The van der Waals surface area contributed by atoms with E-state index >= 15 is 0 Å². The molecular formula is C20H21N3O3S2. The molecule has 0 saturated carbocycles. The number of thioether (sulfide) groups is 1. The predicted molar refractivity (Wildman–Crippen MR) is 110 cm³/mol. The number of ether oxygens (including phenoxy) is 1. The number of aromatic nitrogens is 2. The number of carbonyl (C=O) groups excluding carboxylic acids is 1. The summed E-state index contributed by atoms with van der Waals surface area (Å²) < 4.78 is 11.1. The van der Waals surface area contributed by atoms with E-state index in [-0.39, 0.29) is 17.7 Å². The van der Waals surface area contributed by atoms with Crippen LogP contribution in [0.5, 0.6) is 5.75 Å². The van der Waals surface area contributed by atoms with Gasteiger partial charge in [-0.15, -0.1) is 21.5 Å². The second kappa shape index (κ2) is 8.36. The minimum atomic E-state index is 0.103. The molecule has 0 bridgehead atoms. The smallest absolute Gasteiger partial charge is 0.277 e. The van der Waals surface area contributed by atoms with E-state index in [0.717, 1.165) is 24.9 Å². The molecule has 1 aromatic carbocycles. The number of para-hydroxylation sites is 1. The average molecular weight is 416 g/mol. The van der Waals surface area contributed by atoms with Gasteiger partial charge < -0.3 is 14.1 Å². The molecule has 8 heteroatoms. The Labute approximate surface area is 171 Å². The lowest BCUT2D eigenvalue weighted by Gasteiger charge is -2.35. The van der Waals surface area contributed by atoms with Crippen molar-refractivity contribution in [3.63, 3.8) is 0 Å². The van der Waals surface area contributed by atoms with Gasteiger partial charge in [0.1, 0.15) is 5.75 Å². The Kier molecular flexibility index (Phi) is 5.68.